The third-order valence-corrected chi connectivity index (χ3v) is 9.57. The number of nitrogens with one attached hydrogen (secondary N) is 2. The van der Waals surface area contributed by atoms with E-state index in [2.05, 4.69) is 24.5 Å². The highest BCUT2D eigenvalue weighted by Crippen LogP contribution is 2.14. The maximum atomic E-state index is 5.31. The Morgan fingerprint density at radius 2 is 0.909 bits per heavy atom. The van der Waals surface area contributed by atoms with Crippen molar-refractivity contribution in [3.63, 3.8) is 0 Å². The van der Waals surface area contributed by atoms with Crippen LogP contribution in [0.5, 0.6) is 0 Å². The van der Waals surface area contributed by atoms with E-state index in [4.69, 9.17) is 13.3 Å². The Morgan fingerprint density at radius 3 is 1.12 bits per heavy atom. The zero-order valence-electron chi connectivity index (χ0n) is 23.4. The second kappa shape index (κ2) is 30.3. The van der Waals surface area contributed by atoms with E-state index >= 15 is 0 Å². The van der Waals surface area contributed by atoms with Crippen molar-refractivity contribution in [2.24, 2.45) is 0 Å². The minimum atomic E-state index is -2.46. The van der Waals surface area contributed by atoms with Crippen LogP contribution in [-0.2, 0) is 13.3 Å². The second-order valence-corrected chi connectivity index (χ2v) is 12.0. The molecule has 0 radical (unpaired) electrons. The standard InChI is InChI=1S/C19H41N.C7H19NO3Si.ClH/c1-3-4-5-6-7-8-9-10-11-12-13-14-15-16-17-18-19-20-2;1-6-7(8-2)12(9-3,10-4)11-5;/h20H,3-19H2,1-2H3;7-8H,6H2,1-5H3;1H. The molecular formula is C26H61ClN2O3Si. The van der Waals surface area contributed by atoms with Crippen LogP contribution in [0.2, 0.25) is 0 Å². The van der Waals surface area contributed by atoms with Gasteiger partial charge >= 0.3 is 8.80 Å². The normalized spacial score (nSPS) is 12.1. The van der Waals surface area contributed by atoms with Crippen molar-refractivity contribution in [2.45, 2.75) is 129 Å². The van der Waals surface area contributed by atoms with Crippen LogP contribution in [0.4, 0.5) is 0 Å². The summed E-state index contributed by atoms with van der Waals surface area (Å²) in [6.07, 6.45) is 24.2. The van der Waals surface area contributed by atoms with Gasteiger partial charge in [-0.15, -0.1) is 12.4 Å². The van der Waals surface area contributed by atoms with Crippen LogP contribution in [0.15, 0.2) is 0 Å². The average Bonchev–Trinajstić information content (AvgIpc) is 2.83. The summed E-state index contributed by atoms with van der Waals surface area (Å²) in [6, 6.07) is 0. The second-order valence-electron chi connectivity index (χ2n) is 8.87. The summed E-state index contributed by atoms with van der Waals surface area (Å²) in [5.41, 5.74) is 0.164. The molecule has 0 aromatic rings. The van der Waals surface area contributed by atoms with E-state index in [1.807, 2.05) is 14.1 Å². The molecule has 0 aliphatic heterocycles. The number of unbranched alkanes of at least 4 members (excludes halogenated alkanes) is 15. The SMILES string of the molecule is CCC(NC)[Si](OC)(OC)OC.CCCCCCCCCCCCCCCCCCNC.Cl. The van der Waals surface area contributed by atoms with Crippen molar-refractivity contribution in [1.29, 1.82) is 0 Å². The number of rotatable bonds is 23. The maximum absolute atomic E-state index is 5.31. The van der Waals surface area contributed by atoms with Crippen LogP contribution < -0.4 is 10.6 Å². The first kappa shape index (κ1) is 37.8. The summed E-state index contributed by atoms with van der Waals surface area (Å²) in [6.45, 7) is 5.56. The molecule has 0 saturated carbocycles. The minimum absolute atomic E-state index is 0. The van der Waals surface area contributed by atoms with Gasteiger partial charge in [0.25, 0.3) is 0 Å². The highest BCUT2D eigenvalue weighted by molar-refractivity contribution is 6.62. The van der Waals surface area contributed by atoms with Crippen molar-refractivity contribution in [3.05, 3.63) is 0 Å². The Morgan fingerprint density at radius 1 is 0.576 bits per heavy atom. The molecular weight excluding hydrogens is 452 g/mol. The summed E-state index contributed by atoms with van der Waals surface area (Å²) >= 11 is 0. The van der Waals surface area contributed by atoms with Crippen molar-refractivity contribution in [2.75, 3.05) is 42.0 Å². The Hall–Kier alpha value is 0.307. The lowest BCUT2D eigenvalue weighted by molar-refractivity contribution is 0.107. The lowest BCUT2D eigenvalue weighted by atomic mass is 10.0. The monoisotopic (exact) mass is 512 g/mol. The molecule has 1 atom stereocenters. The van der Waals surface area contributed by atoms with Gasteiger partial charge in [-0.2, -0.15) is 0 Å². The molecule has 0 fully saturated rings. The smallest absolute Gasteiger partial charge is 0.376 e. The summed E-state index contributed by atoms with van der Waals surface area (Å²) in [4.78, 5) is 0. The molecule has 0 rings (SSSR count). The molecule has 33 heavy (non-hydrogen) atoms. The van der Waals surface area contributed by atoms with Crippen LogP contribution in [0.1, 0.15) is 123 Å². The van der Waals surface area contributed by atoms with Crippen LogP contribution in [0.3, 0.4) is 0 Å². The summed E-state index contributed by atoms with van der Waals surface area (Å²) < 4.78 is 15.9. The molecule has 0 bridgehead atoms. The summed E-state index contributed by atoms with van der Waals surface area (Å²) in [5, 5.41) is 6.35. The van der Waals surface area contributed by atoms with E-state index < -0.39 is 8.80 Å². The first-order valence-electron chi connectivity index (χ1n) is 13.6. The molecule has 0 saturated heterocycles. The lowest BCUT2D eigenvalue weighted by Crippen LogP contribution is -2.59. The van der Waals surface area contributed by atoms with Gasteiger partial charge in [0.1, 0.15) is 0 Å². The Labute approximate surface area is 215 Å². The molecule has 0 spiro atoms. The van der Waals surface area contributed by atoms with Gasteiger partial charge in [-0.3, -0.25) is 0 Å². The predicted octanol–water partition coefficient (Wildman–Crippen LogP) is 7.29. The number of hydrogen-bond donors (Lipinski definition) is 2. The molecule has 7 heteroatoms. The van der Waals surface area contributed by atoms with Gasteiger partial charge < -0.3 is 23.9 Å². The summed E-state index contributed by atoms with van der Waals surface area (Å²) in [5.74, 6) is 0. The fraction of sp³-hybridized carbons (Fsp3) is 1.00. The van der Waals surface area contributed by atoms with Crippen LogP contribution in [0.25, 0.3) is 0 Å². The average molecular weight is 513 g/mol. The van der Waals surface area contributed by atoms with Crippen LogP contribution in [0, 0.1) is 0 Å². The molecule has 204 valence electrons. The Kier molecular flexibility index (Phi) is 34.8. The predicted molar refractivity (Wildman–Crippen MR) is 151 cm³/mol. The number of halogens is 1. The van der Waals surface area contributed by atoms with Crippen molar-refractivity contribution in [1.82, 2.24) is 10.6 Å². The largest absolute Gasteiger partial charge is 0.517 e. The topological polar surface area (TPSA) is 51.8 Å². The van der Waals surface area contributed by atoms with Gasteiger partial charge in [-0.1, -0.05) is 110 Å². The first-order valence-corrected chi connectivity index (χ1v) is 15.4. The molecule has 0 aliphatic carbocycles. The van der Waals surface area contributed by atoms with Crippen LogP contribution >= 0.6 is 12.4 Å². The van der Waals surface area contributed by atoms with E-state index in [9.17, 15) is 0 Å². The fourth-order valence-corrected chi connectivity index (χ4v) is 6.36. The van der Waals surface area contributed by atoms with Gasteiger partial charge in [-0.25, -0.2) is 0 Å². The van der Waals surface area contributed by atoms with Gasteiger partial charge in [0.05, 0.1) is 5.67 Å². The third-order valence-electron chi connectivity index (χ3n) is 6.32. The maximum Gasteiger partial charge on any atom is 0.517 e. The van der Waals surface area contributed by atoms with Gasteiger partial charge in [-0.05, 0) is 33.5 Å². The molecule has 0 aliphatic rings. The number of hydrogen-bond acceptors (Lipinski definition) is 5. The minimum Gasteiger partial charge on any atom is -0.376 e. The summed E-state index contributed by atoms with van der Waals surface area (Å²) in [7, 11) is 6.34. The van der Waals surface area contributed by atoms with Crippen molar-refractivity contribution >= 4 is 21.2 Å². The quantitative estimate of drug-likeness (QED) is 0.111. The molecule has 5 nitrogen and oxygen atoms in total. The molecule has 0 aromatic carbocycles. The Balaban J connectivity index is -0.000000596. The van der Waals surface area contributed by atoms with Gasteiger partial charge in [0.2, 0.25) is 0 Å². The molecule has 0 amide bonds. The molecule has 2 N–H and O–H groups in total. The van der Waals surface area contributed by atoms with Crippen LogP contribution in [-0.4, -0.2) is 56.4 Å². The highest BCUT2D eigenvalue weighted by Gasteiger charge is 2.45. The zero-order chi connectivity index (χ0) is 24.3. The van der Waals surface area contributed by atoms with E-state index in [1.54, 1.807) is 21.3 Å². The van der Waals surface area contributed by atoms with E-state index in [0.29, 0.717) is 0 Å². The lowest BCUT2D eigenvalue weighted by Gasteiger charge is -2.31. The molecule has 1 unspecified atom stereocenters. The van der Waals surface area contributed by atoms with Gasteiger partial charge in [0, 0.05) is 21.3 Å². The fourth-order valence-electron chi connectivity index (χ4n) is 4.16. The van der Waals surface area contributed by atoms with Gasteiger partial charge in [0.15, 0.2) is 0 Å². The van der Waals surface area contributed by atoms with E-state index in [1.165, 1.54) is 109 Å². The molecule has 0 aromatic heterocycles. The van der Waals surface area contributed by atoms with E-state index in [0.717, 1.165) is 6.42 Å². The third kappa shape index (κ3) is 22.5. The first-order chi connectivity index (χ1) is 15.6. The Bertz CT molecular complexity index is 321. The zero-order valence-corrected chi connectivity index (χ0v) is 25.3. The van der Waals surface area contributed by atoms with Crippen molar-refractivity contribution < 1.29 is 13.3 Å². The highest BCUT2D eigenvalue weighted by atomic mass is 35.5. The van der Waals surface area contributed by atoms with Crippen molar-refractivity contribution in [3.8, 4) is 0 Å². The van der Waals surface area contributed by atoms with E-state index in [-0.39, 0.29) is 18.1 Å². The molecule has 0 heterocycles.